The highest BCUT2D eigenvalue weighted by molar-refractivity contribution is 6.30. The quantitative estimate of drug-likeness (QED) is 0.602. The van der Waals surface area contributed by atoms with Gasteiger partial charge < -0.3 is 23.0 Å². The average molecular weight is 460 g/mol. The van der Waals surface area contributed by atoms with Crippen molar-refractivity contribution in [3.8, 4) is 0 Å². The van der Waals surface area contributed by atoms with Crippen molar-refractivity contribution in [3.05, 3.63) is 75.2 Å². The molecule has 1 aromatic heterocycles. The van der Waals surface area contributed by atoms with Crippen LogP contribution in [-0.2, 0) is 11.2 Å². The van der Waals surface area contributed by atoms with Gasteiger partial charge in [0.1, 0.15) is 0 Å². The Kier molecular flexibility index (Phi) is 7.70. The van der Waals surface area contributed by atoms with Gasteiger partial charge >= 0.3 is 0 Å². The van der Waals surface area contributed by atoms with Crippen molar-refractivity contribution in [2.24, 2.45) is 5.73 Å². The molecule has 31 heavy (non-hydrogen) atoms. The molecule has 1 aliphatic rings. The zero-order valence-electron chi connectivity index (χ0n) is 17.1. The van der Waals surface area contributed by atoms with Gasteiger partial charge in [-0.15, -0.1) is 0 Å². The Hall–Kier alpha value is -2.41. The Morgan fingerprint density at radius 2 is 1.77 bits per heavy atom. The average Bonchev–Trinajstić information content (AvgIpc) is 3.03. The lowest BCUT2D eigenvalue weighted by molar-refractivity contribution is -0.129. The van der Waals surface area contributed by atoms with Gasteiger partial charge in [0.05, 0.1) is 23.7 Å². The van der Waals surface area contributed by atoms with Gasteiger partial charge in [-0.05, 0) is 43.0 Å². The standard InChI is InChI=1S/C23H25ClN4O2.ClH/c24-17-9-7-16(8-10-17)14-21-19-5-1-2-6-20(19)23(30)28(26-21)18-4-3-12-27(13-11-18)22(29)15-25;/h1-2,5-10,18H,3-4,11-15,25H2;1H/p-1. The minimum absolute atomic E-state index is 0. The normalized spacial score (nSPS) is 16.6. The van der Waals surface area contributed by atoms with Crippen LogP contribution in [0.4, 0.5) is 0 Å². The number of carbonyl (C=O) groups is 1. The minimum atomic E-state index is -0.0749. The molecule has 8 heteroatoms. The molecule has 1 atom stereocenters. The summed E-state index contributed by atoms with van der Waals surface area (Å²) in [6.07, 6.45) is 2.93. The second-order valence-corrected chi connectivity index (χ2v) is 8.15. The van der Waals surface area contributed by atoms with Crippen LogP contribution < -0.4 is 23.7 Å². The Morgan fingerprint density at radius 3 is 2.48 bits per heavy atom. The predicted molar refractivity (Wildman–Crippen MR) is 119 cm³/mol. The van der Waals surface area contributed by atoms with E-state index in [0.29, 0.717) is 36.3 Å². The monoisotopic (exact) mass is 459 g/mol. The Labute approximate surface area is 192 Å². The molecule has 2 heterocycles. The third-order valence-electron chi connectivity index (χ3n) is 5.76. The van der Waals surface area contributed by atoms with Crippen LogP contribution in [0.2, 0.25) is 5.02 Å². The molecule has 1 unspecified atom stereocenters. The van der Waals surface area contributed by atoms with Gasteiger partial charge in [-0.3, -0.25) is 9.59 Å². The number of benzene rings is 2. The molecule has 1 amide bonds. The van der Waals surface area contributed by atoms with E-state index in [2.05, 4.69) is 0 Å². The molecule has 0 bridgehead atoms. The zero-order chi connectivity index (χ0) is 21.1. The third kappa shape index (κ3) is 5.09. The minimum Gasteiger partial charge on any atom is -1.00 e. The van der Waals surface area contributed by atoms with E-state index >= 15 is 0 Å². The number of nitrogens with two attached hydrogens (primary N) is 1. The summed E-state index contributed by atoms with van der Waals surface area (Å²) in [6, 6.07) is 15.3. The van der Waals surface area contributed by atoms with Crippen molar-refractivity contribution in [1.29, 1.82) is 0 Å². The molecule has 2 N–H and O–H groups in total. The lowest BCUT2D eigenvalue weighted by Gasteiger charge is -2.21. The number of aromatic nitrogens is 2. The van der Waals surface area contributed by atoms with Crippen molar-refractivity contribution >= 4 is 28.3 Å². The van der Waals surface area contributed by atoms with Crippen LogP contribution in [0.1, 0.15) is 36.6 Å². The van der Waals surface area contributed by atoms with Gasteiger partial charge in [0, 0.05) is 29.9 Å². The summed E-state index contributed by atoms with van der Waals surface area (Å²) in [5.41, 5.74) is 7.40. The summed E-state index contributed by atoms with van der Waals surface area (Å²) < 4.78 is 1.64. The molecule has 3 aromatic rings. The molecule has 0 radical (unpaired) electrons. The smallest absolute Gasteiger partial charge is 0.274 e. The van der Waals surface area contributed by atoms with Gasteiger partial charge in [0.2, 0.25) is 5.91 Å². The molecular weight excluding hydrogens is 435 g/mol. The van der Waals surface area contributed by atoms with Crippen molar-refractivity contribution in [2.45, 2.75) is 31.7 Å². The molecule has 0 aliphatic carbocycles. The zero-order valence-corrected chi connectivity index (χ0v) is 18.6. The first kappa shape index (κ1) is 23.3. The molecule has 6 nitrogen and oxygen atoms in total. The third-order valence-corrected chi connectivity index (χ3v) is 6.01. The maximum Gasteiger partial charge on any atom is 0.274 e. The molecule has 1 fully saturated rings. The number of nitrogens with zero attached hydrogens (tertiary/aromatic N) is 3. The lowest BCUT2D eigenvalue weighted by Crippen LogP contribution is -3.00. The topological polar surface area (TPSA) is 81.2 Å². The number of carbonyl (C=O) groups excluding carboxylic acids is 1. The van der Waals surface area contributed by atoms with Crippen LogP contribution in [0.3, 0.4) is 0 Å². The second-order valence-electron chi connectivity index (χ2n) is 7.71. The summed E-state index contributed by atoms with van der Waals surface area (Å²) in [6.45, 7) is 1.28. The predicted octanol–water partition coefficient (Wildman–Crippen LogP) is 0.157. The number of hydrogen-bond donors (Lipinski definition) is 1. The maximum atomic E-state index is 13.2. The number of fused-ring (bicyclic) bond motifs is 1. The summed E-state index contributed by atoms with van der Waals surface area (Å²) in [4.78, 5) is 27.0. The SMILES string of the molecule is NCC(=O)N1CCCC(n2nc(Cc3ccc(Cl)cc3)c3ccccc3c2=O)CC1.[Cl-]. The van der Waals surface area contributed by atoms with Crippen molar-refractivity contribution < 1.29 is 17.2 Å². The van der Waals surface area contributed by atoms with Gasteiger partial charge in [0.25, 0.3) is 5.56 Å². The fraction of sp³-hybridized carbons (Fsp3) is 0.348. The number of likely N-dealkylation sites (tertiary alicyclic amines) is 1. The van der Waals surface area contributed by atoms with Gasteiger partial charge in [-0.1, -0.05) is 41.9 Å². The first-order chi connectivity index (χ1) is 14.6. The summed E-state index contributed by atoms with van der Waals surface area (Å²) in [7, 11) is 0. The van der Waals surface area contributed by atoms with E-state index in [9.17, 15) is 9.59 Å². The van der Waals surface area contributed by atoms with Crippen LogP contribution in [0.15, 0.2) is 53.3 Å². The number of hydrogen-bond acceptors (Lipinski definition) is 4. The van der Waals surface area contributed by atoms with Gasteiger partial charge in [-0.25, -0.2) is 4.68 Å². The van der Waals surface area contributed by atoms with E-state index in [-0.39, 0.29) is 36.5 Å². The molecule has 1 saturated heterocycles. The first-order valence-corrected chi connectivity index (χ1v) is 10.7. The Bertz CT molecular complexity index is 1110. The van der Waals surface area contributed by atoms with Crippen LogP contribution in [0.25, 0.3) is 10.8 Å². The molecule has 0 saturated carbocycles. The van der Waals surface area contributed by atoms with Crippen LogP contribution in [-0.4, -0.2) is 40.2 Å². The maximum absolute atomic E-state index is 13.2. The van der Waals surface area contributed by atoms with Gasteiger partial charge in [0.15, 0.2) is 0 Å². The number of amides is 1. The fourth-order valence-corrected chi connectivity index (χ4v) is 4.28. The molecule has 1 aliphatic heterocycles. The summed E-state index contributed by atoms with van der Waals surface area (Å²) in [5, 5.41) is 7.06. The Morgan fingerprint density at radius 1 is 1.06 bits per heavy atom. The molecule has 2 aromatic carbocycles. The van der Waals surface area contributed by atoms with E-state index < -0.39 is 0 Å². The lowest BCUT2D eigenvalue weighted by atomic mass is 10.0. The Balaban J connectivity index is 0.00000272. The fourth-order valence-electron chi connectivity index (χ4n) is 4.15. The molecule has 164 valence electrons. The van der Waals surface area contributed by atoms with Crippen LogP contribution in [0.5, 0.6) is 0 Å². The second kappa shape index (κ2) is 10.3. The van der Waals surface area contributed by atoms with E-state index in [1.54, 1.807) is 9.58 Å². The number of halogens is 2. The summed E-state index contributed by atoms with van der Waals surface area (Å²) >= 11 is 6.02. The highest BCUT2D eigenvalue weighted by atomic mass is 35.5. The van der Waals surface area contributed by atoms with Crippen LogP contribution in [0, 0.1) is 0 Å². The van der Waals surface area contributed by atoms with E-state index in [1.165, 1.54) is 0 Å². The summed E-state index contributed by atoms with van der Waals surface area (Å²) in [5.74, 6) is -0.0436. The van der Waals surface area contributed by atoms with E-state index in [1.807, 2.05) is 48.5 Å². The highest BCUT2D eigenvalue weighted by Crippen LogP contribution is 2.24. The van der Waals surface area contributed by atoms with Crippen molar-refractivity contribution in [2.75, 3.05) is 19.6 Å². The molecule has 0 spiro atoms. The van der Waals surface area contributed by atoms with Crippen molar-refractivity contribution in [3.63, 3.8) is 0 Å². The van der Waals surface area contributed by atoms with Crippen molar-refractivity contribution in [1.82, 2.24) is 14.7 Å². The van der Waals surface area contributed by atoms with E-state index in [4.69, 9.17) is 22.4 Å². The number of rotatable bonds is 4. The van der Waals surface area contributed by atoms with Crippen LogP contribution >= 0.6 is 11.6 Å². The van der Waals surface area contributed by atoms with Gasteiger partial charge in [-0.2, -0.15) is 5.10 Å². The molecule has 4 rings (SSSR count). The first-order valence-electron chi connectivity index (χ1n) is 10.3. The molecular formula is C23H25Cl2N4O2-. The highest BCUT2D eigenvalue weighted by Gasteiger charge is 2.23. The van der Waals surface area contributed by atoms with E-state index in [0.717, 1.165) is 29.5 Å². The largest absolute Gasteiger partial charge is 1.00 e.